The fourth-order valence-corrected chi connectivity index (χ4v) is 2.80. The predicted octanol–water partition coefficient (Wildman–Crippen LogP) is 3.42. The highest BCUT2D eigenvalue weighted by molar-refractivity contribution is 7.13. The number of ether oxygens (including phenoxy) is 2. The van der Waals surface area contributed by atoms with Gasteiger partial charge in [-0.15, -0.1) is 11.3 Å². The molecule has 0 spiro atoms. The van der Waals surface area contributed by atoms with Crippen LogP contribution in [0, 0.1) is 0 Å². The summed E-state index contributed by atoms with van der Waals surface area (Å²) in [5.74, 6) is 0.857. The first-order valence-electron chi connectivity index (χ1n) is 7.53. The zero-order valence-corrected chi connectivity index (χ0v) is 14.4. The van der Waals surface area contributed by atoms with E-state index in [4.69, 9.17) is 15.2 Å². The number of nitrogen functional groups attached to an aromatic ring is 1. The molecule has 0 aliphatic heterocycles. The summed E-state index contributed by atoms with van der Waals surface area (Å²) in [6, 6.07) is 14.6. The molecular weight excluding hydrogens is 338 g/mol. The average Bonchev–Trinajstić information content (AvgIpc) is 3.07. The predicted molar refractivity (Wildman–Crippen MR) is 99.1 cm³/mol. The van der Waals surface area contributed by atoms with Gasteiger partial charge in [0.15, 0.2) is 23.2 Å². The number of rotatable bonds is 6. The minimum Gasteiger partial charge on any atom is -0.493 e. The molecule has 1 aromatic heterocycles. The van der Waals surface area contributed by atoms with E-state index in [1.807, 2.05) is 41.8 Å². The van der Waals surface area contributed by atoms with Crippen molar-refractivity contribution in [3.05, 3.63) is 53.9 Å². The molecule has 0 saturated heterocycles. The van der Waals surface area contributed by atoms with Gasteiger partial charge in [0.05, 0.1) is 12.8 Å². The third-order valence-corrected chi connectivity index (χ3v) is 4.09. The van der Waals surface area contributed by atoms with E-state index in [2.05, 4.69) is 10.3 Å². The molecule has 0 radical (unpaired) electrons. The second-order valence-electron chi connectivity index (χ2n) is 5.14. The number of carbonyl (C=O) groups is 1. The van der Waals surface area contributed by atoms with Gasteiger partial charge < -0.3 is 20.5 Å². The molecule has 6 nitrogen and oxygen atoms in total. The summed E-state index contributed by atoms with van der Waals surface area (Å²) in [4.78, 5) is 16.3. The second-order valence-corrected chi connectivity index (χ2v) is 6.03. The highest BCUT2D eigenvalue weighted by Gasteiger charge is 2.08. The number of hydrogen-bond donors (Lipinski definition) is 2. The Balaban J connectivity index is 1.57. The van der Waals surface area contributed by atoms with E-state index in [9.17, 15) is 4.79 Å². The molecule has 0 aliphatic rings. The molecule has 25 heavy (non-hydrogen) atoms. The van der Waals surface area contributed by atoms with Crippen LogP contribution in [-0.4, -0.2) is 24.6 Å². The molecule has 2 aromatic carbocycles. The van der Waals surface area contributed by atoms with E-state index in [0.29, 0.717) is 22.3 Å². The lowest BCUT2D eigenvalue weighted by molar-refractivity contribution is -0.118. The molecule has 3 N–H and O–H groups in total. The Hall–Kier alpha value is -3.06. The third kappa shape index (κ3) is 4.27. The van der Waals surface area contributed by atoms with Gasteiger partial charge in [-0.25, -0.2) is 4.98 Å². The van der Waals surface area contributed by atoms with Gasteiger partial charge in [0.2, 0.25) is 0 Å². The highest BCUT2D eigenvalue weighted by atomic mass is 32.1. The van der Waals surface area contributed by atoms with Gasteiger partial charge in [0.25, 0.3) is 5.91 Å². The number of nitrogens with one attached hydrogen (secondary N) is 1. The number of para-hydroxylation sites is 2. The zero-order chi connectivity index (χ0) is 17.6. The third-order valence-electron chi connectivity index (χ3n) is 3.41. The summed E-state index contributed by atoms with van der Waals surface area (Å²) in [5.41, 5.74) is 8.08. The van der Waals surface area contributed by atoms with Crippen LogP contribution in [-0.2, 0) is 4.79 Å². The molecule has 3 aromatic rings. The first-order chi connectivity index (χ1) is 12.2. The van der Waals surface area contributed by atoms with Crippen molar-refractivity contribution in [3.8, 4) is 22.8 Å². The second kappa shape index (κ2) is 7.67. The van der Waals surface area contributed by atoms with Crippen LogP contribution in [0.25, 0.3) is 11.3 Å². The van der Waals surface area contributed by atoms with Crippen LogP contribution >= 0.6 is 11.3 Å². The number of methoxy groups -OCH3 is 1. The summed E-state index contributed by atoms with van der Waals surface area (Å²) in [7, 11) is 1.56. The lowest BCUT2D eigenvalue weighted by atomic mass is 10.1. The van der Waals surface area contributed by atoms with Crippen LogP contribution in [0.15, 0.2) is 53.9 Å². The maximum Gasteiger partial charge on any atom is 0.262 e. The van der Waals surface area contributed by atoms with Crippen molar-refractivity contribution in [2.24, 2.45) is 0 Å². The van der Waals surface area contributed by atoms with Gasteiger partial charge in [-0.2, -0.15) is 0 Å². The molecular formula is C18H17N3O3S. The van der Waals surface area contributed by atoms with Crippen LogP contribution in [0.3, 0.4) is 0 Å². The molecule has 0 unspecified atom stereocenters. The van der Waals surface area contributed by atoms with Crippen LogP contribution < -0.4 is 20.5 Å². The van der Waals surface area contributed by atoms with Crippen molar-refractivity contribution in [1.29, 1.82) is 0 Å². The zero-order valence-electron chi connectivity index (χ0n) is 13.6. The quantitative estimate of drug-likeness (QED) is 0.707. The molecule has 0 aliphatic carbocycles. The van der Waals surface area contributed by atoms with Crippen LogP contribution in [0.4, 0.5) is 10.8 Å². The lowest BCUT2D eigenvalue weighted by Gasteiger charge is -2.10. The molecule has 1 heterocycles. The number of hydrogen-bond acceptors (Lipinski definition) is 6. The van der Waals surface area contributed by atoms with Crippen molar-refractivity contribution >= 4 is 28.1 Å². The number of carbonyl (C=O) groups excluding carboxylic acids is 1. The van der Waals surface area contributed by atoms with Crippen LogP contribution in [0.2, 0.25) is 0 Å². The van der Waals surface area contributed by atoms with Crippen molar-refractivity contribution in [3.63, 3.8) is 0 Å². The van der Waals surface area contributed by atoms with Crippen molar-refractivity contribution in [1.82, 2.24) is 4.98 Å². The Morgan fingerprint density at radius 3 is 2.52 bits per heavy atom. The Kier molecular flexibility index (Phi) is 5.15. The number of thiazole rings is 1. The standard InChI is InChI=1S/C18H17N3O3S/c1-23-15-4-2-3-5-16(15)24-10-17(22)20-13-8-6-12(7-9-13)14-11-25-18(19)21-14/h2-9,11H,10H2,1H3,(H2,19,21)(H,20,22). The smallest absolute Gasteiger partial charge is 0.262 e. The molecule has 1 amide bonds. The van der Waals surface area contributed by atoms with E-state index >= 15 is 0 Å². The minimum absolute atomic E-state index is 0.106. The molecule has 3 rings (SSSR count). The summed E-state index contributed by atoms with van der Waals surface area (Å²) in [6.45, 7) is -0.106. The van der Waals surface area contributed by atoms with Gasteiger partial charge in [-0.05, 0) is 24.3 Å². The first kappa shape index (κ1) is 16.8. The Morgan fingerprint density at radius 2 is 1.88 bits per heavy atom. The largest absolute Gasteiger partial charge is 0.493 e. The number of nitrogens with zero attached hydrogens (tertiary/aromatic N) is 1. The maximum absolute atomic E-state index is 12.0. The van der Waals surface area contributed by atoms with E-state index in [1.165, 1.54) is 11.3 Å². The molecule has 0 saturated carbocycles. The van der Waals surface area contributed by atoms with Crippen LogP contribution in [0.1, 0.15) is 0 Å². The fourth-order valence-electron chi connectivity index (χ4n) is 2.22. The Morgan fingerprint density at radius 1 is 1.16 bits per heavy atom. The molecule has 128 valence electrons. The molecule has 7 heteroatoms. The van der Waals surface area contributed by atoms with E-state index in [0.717, 1.165) is 11.3 Å². The van der Waals surface area contributed by atoms with Crippen molar-refractivity contribution in [2.75, 3.05) is 24.8 Å². The SMILES string of the molecule is COc1ccccc1OCC(=O)Nc1ccc(-c2csc(N)n2)cc1. The summed E-state index contributed by atoms with van der Waals surface area (Å²) < 4.78 is 10.7. The summed E-state index contributed by atoms with van der Waals surface area (Å²) in [5, 5.41) is 5.21. The molecule has 0 bridgehead atoms. The highest BCUT2D eigenvalue weighted by Crippen LogP contribution is 2.26. The Labute approximate surface area is 149 Å². The van der Waals surface area contributed by atoms with Crippen LogP contribution in [0.5, 0.6) is 11.5 Å². The van der Waals surface area contributed by atoms with Gasteiger partial charge >= 0.3 is 0 Å². The normalized spacial score (nSPS) is 10.3. The van der Waals surface area contributed by atoms with Gasteiger partial charge in [-0.3, -0.25) is 4.79 Å². The summed E-state index contributed by atoms with van der Waals surface area (Å²) in [6.07, 6.45) is 0. The average molecular weight is 355 g/mol. The number of benzene rings is 2. The van der Waals surface area contributed by atoms with Gasteiger partial charge in [0, 0.05) is 16.6 Å². The minimum atomic E-state index is -0.253. The number of nitrogens with two attached hydrogens (primary N) is 1. The molecule has 0 atom stereocenters. The van der Waals surface area contributed by atoms with Gasteiger partial charge in [-0.1, -0.05) is 24.3 Å². The summed E-state index contributed by atoms with van der Waals surface area (Å²) >= 11 is 1.39. The van der Waals surface area contributed by atoms with Crippen molar-refractivity contribution < 1.29 is 14.3 Å². The first-order valence-corrected chi connectivity index (χ1v) is 8.41. The fraction of sp³-hybridized carbons (Fsp3) is 0.111. The van der Waals surface area contributed by atoms with E-state index in [-0.39, 0.29) is 12.5 Å². The lowest BCUT2D eigenvalue weighted by Crippen LogP contribution is -2.20. The number of amides is 1. The maximum atomic E-state index is 12.0. The Bertz CT molecular complexity index is 862. The van der Waals surface area contributed by atoms with E-state index < -0.39 is 0 Å². The number of anilines is 2. The van der Waals surface area contributed by atoms with E-state index in [1.54, 1.807) is 19.2 Å². The number of aromatic nitrogens is 1. The topological polar surface area (TPSA) is 86.5 Å². The van der Waals surface area contributed by atoms with Crippen molar-refractivity contribution in [2.45, 2.75) is 0 Å². The monoisotopic (exact) mass is 355 g/mol. The van der Waals surface area contributed by atoms with Gasteiger partial charge in [0.1, 0.15) is 0 Å². The molecule has 0 fully saturated rings.